The molecule has 2 aromatic heterocycles. The number of hydrogen-bond acceptors (Lipinski definition) is 3. The van der Waals surface area contributed by atoms with E-state index in [4.69, 9.17) is 0 Å². The van der Waals surface area contributed by atoms with Gasteiger partial charge in [-0.15, -0.1) is 0 Å². The van der Waals surface area contributed by atoms with Crippen LogP contribution in [0.4, 0.5) is 5.69 Å². The topological polar surface area (TPSA) is 58.5 Å². The number of benzene rings is 1. The Morgan fingerprint density at radius 3 is 2.76 bits per heavy atom. The average molecular weight is 279 g/mol. The molecule has 106 valence electrons. The molecule has 2 heterocycles. The predicted octanol–water partition coefficient (Wildman–Crippen LogP) is 3.22. The third kappa shape index (κ3) is 2.54. The summed E-state index contributed by atoms with van der Waals surface area (Å²) in [7, 11) is 0. The van der Waals surface area contributed by atoms with E-state index in [0.717, 1.165) is 23.5 Å². The van der Waals surface area contributed by atoms with Crippen molar-refractivity contribution in [3.63, 3.8) is 0 Å². The van der Waals surface area contributed by atoms with Crippen molar-refractivity contribution in [3.8, 4) is 11.3 Å². The van der Waals surface area contributed by atoms with E-state index < -0.39 is 0 Å². The fourth-order valence-electron chi connectivity index (χ4n) is 2.53. The Morgan fingerprint density at radius 2 is 2.05 bits per heavy atom. The molecule has 1 aromatic carbocycles. The molecule has 4 rings (SSSR count). The van der Waals surface area contributed by atoms with Crippen LogP contribution in [0.1, 0.15) is 24.6 Å². The van der Waals surface area contributed by atoms with Crippen molar-refractivity contribution in [3.05, 3.63) is 54.7 Å². The van der Waals surface area contributed by atoms with Crippen LogP contribution in [0.15, 0.2) is 49.1 Å². The predicted molar refractivity (Wildman–Crippen MR) is 81.8 cm³/mol. The molecule has 0 aliphatic heterocycles. The first kappa shape index (κ1) is 12.2. The molecule has 3 aromatic rings. The van der Waals surface area contributed by atoms with E-state index in [-0.39, 0.29) is 0 Å². The van der Waals surface area contributed by atoms with Gasteiger partial charge in [-0.1, -0.05) is 12.1 Å². The molecule has 1 saturated carbocycles. The second-order valence-electron chi connectivity index (χ2n) is 5.42. The molecular weight excluding hydrogens is 262 g/mol. The maximum atomic E-state index is 4.26. The largest absolute Gasteiger partial charge is 0.379 e. The monoisotopic (exact) mass is 279 g/mol. The number of rotatable bonds is 5. The van der Waals surface area contributed by atoms with E-state index in [9.17, 15) is 0 Å². The quantitative estimate of drug-likeness (QED) is 0.754. The number of imidazole rings is 1. The zero-order valence-electron chi connectivity index (χ0n) is 11.7. The van der Waals surface area contributed by atoms with Gasteiger partial charge in [0.1, 0.15) is 0 Å². The molecule has 0 atom stereocenters. The van der Waals surface area contributed by atoms with Gasteiger partial charge < -0.3 is 9.88 Å². The average Bonchev–Trinajstić information content (AvgIpc) is 3.04. The van der Waals surface area contributed by atoms with E-state index in [1.54, 1.807) is 6.20 Å². The molecule has 5 nitrogen and oxygen atoms in total. The van der Waals surface area contributed by atoms with Crippen LogP contribution in [-0.4, -0.2) is 19.7 Å². The summed E-state index contributed by atoms with van der Waals surface area (Å²) >= 11 is 0. The van der Waals surface area contributed by atoms with E-state index in [2.05, 4.69) is 49.3 Å². The SMILES string of the molecule is c1cc(-c2ccc(NCc3cncn3C3CC3)cc2)[nH]n1. The van der Waals surface area contributed by atoms with Gasteiger partial charge in [0, 0.05) is 24.1 Å². The molecule has 0 radical (unpaired) electrons. The fraction of sp³-hybridized carbons (Fsp3) is 0.250. The molecule has 0 unspecified atom stereocenters. The number of hydrogen-bond donors (Lipinski definition) is 2. The molecular formula is C16H17N5. The number of anilines is 1. The number of nitrogens with zero attached hydrogens (tertiary/aromatic N) is 3. The molecule has 0 spiro atoms. The van der Waals surface area contributed by atoms with Crippen LogP contribution < -0.4 is 5.32 Å². The Kier molecular flexibility index (Phi) is 2.96. The van der Waals surface area contributed by atoms with Gasteiger partial charge in [0.05, 0.1) is 24.3 Å². The van der Waals surface area contributed by atoms with Crippen molar-refractivity contribution < 1.29 is 0 Å². The Hall–Kier alpha value is -2.56. The van der Waals surface area contributed by atoms with Crippen molar-refractivity contribution in [1.29, 1.82) is 0 Å². The first-order valence-corrected chi connectivity index (χ1v) is 7.24. The lowest BCUT2D eigenvalue weighted by Gasteiger charge is -2.09. The van der Waals surface area contributed by atoms with Crippen molar-refractivity contribution in [2.75, 3.05) is 5.32 Å². The highest BCUT2D eigenvalue weighted by Crippen LogP contribution is 2.35. The van der Waals surface area contributed by atoms with E-state index in [1.807, 2.05) is 18.6 Å². The summed E-state index contributed by atoms with van der Waals surface area (Å²) in [6.45, 7) is 0.805. The van der Waals surface area contributed by atoms with Gasteiger partial charge in [-0.05, 0) is 36.6 Å². The molecule has 2 N–H and O–H groups in total. The maximum Gasteiger partial charge on any atom is 0.0951 e. The number of aromatic nitrogens is 4. The summed E-state index contributed by atoms with van der Waals surface area (Å²) in [6.07, 6.45) is 8.21. The third-order valence-corrected chi connectivity index (χ3v) is 3.86. The second-order valence-corrected chi connectivity index (χ2v) is 5.42. The van der Waals surface area contributed by atoms with Crippen LogP contribution in [0, 0.1) is 0 Å². The number of H-pyrrole nitrogens is 1. The number of aromatic amines is 1. The minimum Gasteiger partial charge on any atom is -0.379 e. The summed E-state index contributed by atoms with van der Waals surface area (Å²) in [6, 6.07) is 11.0. The van der Waals surface area contributed by atoms with Gasteiger partial charge in [0.15, 0.2) is 0 Å². The summed E-state index contributed by atoms with van der Waals surface area (Å²) in [5.41, 5.74) is 4.53. The standard InChI is InChI=1S/C16H17N5/c1-3-13(4-2-12(1)16-7-8-19-20-16)18-10-15-9-17-11-21(15)14-5-6-14/h1-4,7-9,11,14,18H,5-6,10H2,(H,19,20). The third-order valence-electron chi connectivity index (χ3n) is 3.86. The van der Waals surface area contributed by atoms with Crippen LogP contribution in [0.5, 0.6) is 0 Å². The van der Waals surface area contributed by atoms with Crippen LogP contribution in [0.2, 0.25) is 0 Å². The second kappa shape index (κ2) is 5.09. The van der Waals surface area contributed by atoms with E-state index in [1.165, 1.54) is 18.5 Å². The van der Waals surface area contributed by atoms with Gasteiger partial charge in [-0.3, -0.25) is 5.10 Å². The summed E-state index contributed by atoms with van der Waals surface area (Å²) in [5.74, 6) is 0. The molecule has 1 fully saturated rings. The molecule has 0 bridgehead atoms. The maximum absolute atomic E-state index is 4.26. The zero-order valence-corrected chi connectivity index (χ0v) is 11.7. The lowest BCUT2D eigenvalue weighted by Crippen LogP contribution is -2.05. The summed E-state index contributed by atoms with van der Waals surface area (Å²) < 4.78 is 2.28. The first-order valence-electron chi connectivity index (χ1n) is 7.24. The van der Waals surface area contributed by atoms with Crippen molar-refractivity contribution in [2.24, 2.45) is 0 Å². The van der Waals surface area contributed by atoms with Crippen LogP contribution in [0.25, 0.3) is 11.3 Å². The Balaban J connectivity index is 1.44. The molecule has 21 heavy (non-hydrogen) atoms. The highest BCUT2D eigenvalue weighted by molar-refractivity contribution is 5.62. The Morgan fingerprint density at radius 1 is 1.19 bits per heavy atom. The highest BCUT2D eigenvalue weighted by Gasteiger charge is 2.24. The van der Waals surface area contributed by atoms with Gasteiger partial charge in [-0.25, -0.2) is 4.98 Å². The minimum absolute atomic E-state index is 0.673. The lowest BCUT2D eigenvalue weighted by molar-refractivity contribution is 0.701. The van der Waals surface area contributed by atoms with Gasteiger partial charge in [0.2, 0.25) is 0 Å². The van der Waals surface area contributed by atoms with E-state index in [0.29, 0.717) is 6.04 Å². The lowest BCUT2D eigenvalue weighted by atomic mass is 10.1. The van der Waals surface area contributed by atoms with Crippen molar-refractivity contribution >= 4 is 5.69 Å². The molecule has 1 aliphatic carbocycles. The summed E-state index contributed by atoms with van der Waals surface area (Å²) in [5, 5.41) is 10.4. The zero-order chi connectivity index (χ0) is 14.1. The van der Waals surface area contributed by atoms with Crippen LogP contribution in [-0.2, 0) is 6.54 Å². The van der Waals surface area contributed by atoms with Crippen LogP contribution >= 0.6 is 0 Å². The highest BCUT2D eigenvalue weighted by atomic mass is 15.1. The first-order chi connectivity index (χ1) is 10.4. The molecule has 1 aliphatic rings. The van der Waals surface area contributed by atoms with Crippen molar-refractivity contribution in [1.82, 2.24) is 19.7 Å². The van der Waals surface area contributed by atoms with E-state index >= 15 is 0 Å². The molecule has 0 amide bonds. The molecule has 0 saturated heterocycles. The smallest absolute Gasteiger partial charge is 0.0951 e. The minimum atomic E-state index is 0.673. The molecule has 5 heteroatoms. The van der Waals surface area contributed by atoms with Crippen LogP contribution in [0.3, 0.4) is 0 Å². The Labute approximate surface area is 123 Å². The Bertz CT molecular complexity index is 707. The van der Waals surface area contributed by atoms with Gasteiger partial charge in [-0.2, -0.15) is 5.10 Å². The van der Waals surface area contributed by atoms with Crippen molar-refractivity contribution in [2.45, 2.75) is 25.4 Å². The number of nitrogens with one attached hydrogen (secondary N) is 2. The fourth-order valence-corrected chi connectivity index (χ4v) is 2.53. The normalized spacial score (nSPS) is 14.3. The van der Waals surface area contributed by atoms with Gasteiger partial charge >= 0.3 is 0 Å². The summed E-state index contributed by atoms with van der Waals surface area (Å²) in [4.78, 5) is 4.26. The van der Waals surface area contributed by atoms with Gasteiger partial charge in [0.25, 0.3) is 0 Å².